The summed E-state index contributed by atoms with van der Waals surface area (Å²) in [6, 6.07) is 5.47. The van der Waals surface area contributed by atoms with E-state index in [1.807, 2.05) is 11.8 Å². The van der Waals surface area contributed by atoms with Crippen LogP contribution in [0.4, 0.5) is 0 Å². The van der Waals surface area contributed by atoms with Gasteiger partial charge in [-0.05, 0) is 49.9 Å². The topological polar surface area (TPSA) is 66.5 Å². The third-order valence-corrected chi connectivity index (χ3v) is 8.54. The monoisotopic (exact) mass is 416 g/mol. The summed E-state index contributed by atoms with van der Waals surface area (Å²) in [7, 11) is -3.68. The number of thioether (sulfide) groups is 1. The Morgan fingerprint density at radius 1 is 1.15 bits per heavy atom. The molecule has 1 atom stereocenters. The molecule has 2 aliphatic rings. The number of nitrogens with one attached hydrogen (secondary N) is 1. The Kier molecular flexibility index (Phi) is 6.88. The summed E-state index contributed by atoms with van der Waals surface area (Å²) in [5.74, 6) is 0.694. The van der Waals surface area contributed by atoms with Crippen LogP contribution in [0.5, 0.6) is 0 Å². The van der Waals surface area contributed by atoms with Crippen LogP contribution in [0.1, 0.15) is 38.5 Å². The maximum atomic E-state index is 12.9. The molecule has 0 aromatic heterocycles. The van der Waals surface area contributed by atoms with Crippen LogP contribution in [0.3, 0.4) is 0 Å². The summed E-state index contributed by atoms with van der Waals surface area (Å²) < 4.78 is 27.1. The number of amides is 1. The molecule has 1 N–H and O–H groups in total. The van der Waals surface area contributed by atoms with E-state index in [-0.39, 0.29) is 10.8 Å². The van der Waals surface area contributed by atoms with Crippen LogP contribution in [0.25, 0.3) is 0 Å². The van der Waals surface area contributed by atoms with E-state index in [1.165, 1.54) is 42.1 Å². The molecule has 1 aromatic carbocycles. The second-order valence-corrected chi connectivity index (χ2v) is 10.5. The van der Waals surface area contributed by atoms with Crippen molar-refractivity contribution in [1.82, 2.24) is 9.62 Å². The lowest BCUT2D eigenvalue weighted by Gasteiger charge is -2.23. The molecule has 144 valence electrons. The van der Waals surface area contributed by atoms with Gasteiger partial charge in [-0.25, -0.2) is 8.42 Å². The van der Waals surface area contributed by atoms with Gasteiger partial charge in [-0.1, -0.05) is 24.4 Å². The zero-order valence-electron chi connectivity index (χ0n) is 14.7. The molecule has 1 aromatic rings. The summed E-state index contributed by atoms with van der Waals surface area (Å²) >= 11 is 7.76. The molecule has 2 fully saturated rings. The molecular weight excluding hydrogens is 392 g/mol. The van der Waals surface area contributed by atoms with Crippen LogP contribution in [-0.2, 0) is 14.8 Å². The van der Waals surface area contributed by atoms with Gasteiger partial charge in [0, 0.05) is 29.1 Å². The van der Waals surface area contributed by atoms with E-state index in [4.69, 9.17) is 11.6 Å². The first-order valence-electron chi connectivity index (χ1n) is 9.15. The predicted molar refractivity (Wildman–Crippen MR) is 106 cm³/mol. The number of halogens is 1. The second kappa shape index (κ2) is 8.95. The molecule has 0 bridgehead atoms. The van der Waals surface area contributed by atoms with Gasteiger partial charge in [-0.15, -0.1) is 0 Å². The molecule has 1 aliphatic carbocycles. The highest BCUT2D eigenvalue weighted by molar-refractivity contribution is 7.99. The van der Waals surface area contributed by atoms with Gasteiger partial charge in [0.2, 0.25) is 15.9 Å². The average molecular weight is 417 g/mol. The summed E-state index contributed by atoms with van der Waals surface area (Å²) in [5.41, 5.74) is 0. The number of carbonyl (C=O) groups excluding carboxylic acids is 1. The largest absolute Gasteiger partial charge is 0.354 e. The van der Waals surface area contributed by atoms with Crippen molar-refractivity contribution in [3.8, 4) is 0 Å². The minimum Gasteiger partial charge on any atom is -0.354 e. The van der Waals surface area contributed by atoms with Gasteiger partial charge in [-0.3, -0.25) is 4.79 Å². The number of rotatable bonds is 7. The highest BCUT2D eigenvalue weighted by Gasteiger charge is 2.39. The molecule has 26 heavy (non-hydrogen) atoms. The quantitative estimate of drug-likeness (QED) is 0.692. The lowest BCUT2D eigenvalue weighted by molar-refractivity contribution is -0.124. The van der Waals surface area contributed by atoms with E-state index < -0.39 is 16.1 Å². The Bertz CT molecular complexity index is 718. The van der Waals surface area contributed by atoms with Crippen molar-refractivity contribution >= 4 is 39.3 Å². The SMILES string of the molecule is O=C(NCCSC1CCCC1)[C@H]1CCCN1S(=O)(=O)c1ccc(Cl)cc1. The Labute approximate surface area is 164 Å². The summed E-state index contributed by atoms with van der Waals surface area (Å²) in [4.78, 5) is 12.7. The molecule has 0 unspecified atom stereocenters. The van der Waals surface area contributed by atoms with E-state index in [2.05, 4.69) is 5.32 Å². The van der Waals surface area contributed by atoms with E-state index in [9.17, 15) is 13.2 Å². The molecular formula is C18H25ClN2O3S2. The zero-order valence-corrected chi connectivity index (χ0v) is 17.1. The lowest BCUT2D eigenvalue weighted by atomic mass is 10.2. The normalized spacial score (nSPS) is 22.0. The fraction of sp³-hybridized carbons (Fsp3) is 0.611. The minimum absolute atomic E-state index is 0.179. The van der Waals surface area contributed by atoms with Gasteiger partial charge in [-0.2, -0.15) is 16.1 Å². The fourth-order valence-corrected chi connectivity index (χ4v) is 6.61. The van der Waals surface area contributed by atoms with Crippen LogP contribution in [0.2, 0.25) is 5.02 Å². The Hall–Kier alpha value is -0.760. The van der Waals surface area contributed by atoms with Crippen LogP contribution in [0.15, 0.2) is 29.2 Å². The van der Waals surface area contributed by atoms with Crippen molar-refractivity contribution in [2.24, 2.45) is 0 Å². The smallest absolute Gasteiger partial charge is 0.243 e. The molecule has 1 aliphatic heterocycles. The van der Waals surface area contributed by atoms with Gasteiger partial charge in [0.15, 0.2) is 0 Å². The van der Waals surface area contributed by atoms with Gasteiger partial charge >= 0.3 is 0 Å². The lowest BCUT2D eigenvalue weighted by Crippen LogP contribution is -2.46. The third kappa shape index (κ3) is 4.74. The van der Waals surface area contributed by atoms with E-state index in [0.717, 1.165) is 11.0 Å². The molecule has 1 heterocycles. The molecule has 1 saturated carbocycles. The number of hydrogen-bond donors (Lipinski definition) is 1. The fourth-order valence-electron chi connectivity index (χ4n) is 3.60. The van der Waals surface area contributed by atoms with Crippen molar-refractivity contribution < 1.29 is 13.2 Å². The van der Waals surface area contributed by atoms with Crippen LogP contribution < -0.4 is 5.32 Å². The van der Waals surface area contributed by atoms with Crippen molar-refractivity contribution in [2.45, 2.75) is 54.7 Å². The van der Waals surface area contributed by atoms with Crippen LogP contribution in [-0.4, -0.2) is 48.8 Å². The van der Waals surface area contributed by atoms with E-state index >= 15 is 0 Å². The number of benzene rings is 1. The Balaban J connectivity index is 1.56. The number of carbonyl (C=O) groups is 1. The number of sulfonamides is 1. The minimum atomic E-state index is -3.68. The van der Waals surface area contributed by atoms with Crippen molar-refractivity contribution in [3.63, 3.8) is 0 Å². The molecule has 3 rings (SSSR count). The van der Waals surface area contributed by atoms with Crippen LogP contribution in [0, 0.1) is 0 Å². The highest BCUT2D eigenvalue weighted by Crippen LogP contribution is 2.29. The van der Waals surface area contributed by atoms with Crippen LogP contribution >= 0.6 is 23.4 Å². The summed E-state index contributed by atoms with van der Waals surface area (Å²) in [6.07, 6.45) is 6.42. The zero-order chi connectivity index (χ0) is 18.6. The maximum absolute atomic E-state index is 12.9. The standard InChI is InChI=1S/C18H25ClN2O3S2/c19-14-7-9-16(10-8-14)26(23,24)21-12-3-6-17(21)18(22)20-11-13-25-15-4-1-2-5-15/h7-10,15,17H,1-6,11-13H2,(H,20,22)/t17-/m1/s1. The van der Waals surface area contributed by atoms with Gasteiger partial charge in [0.1, 0.15) is 6.04 Å². The van der Waals surface area contributed by atoms with Crippen molar-refractivity contribution in [2.75, 3.05) is 18.8 Å². The number of nitrogens with zero attached hydrogens (tertiary/aromatic N) is 1. The Morgan fingerprint density at radius 2 is 1.85 bits per heavy atom. The first-order chi connectivity index (χ1) is 12.5. The van der Waals surface area contributed by atoms with Crippen molar-refractivity contribution in [3.05, 3.63) is 29.3 Å². The molecule has 0 radical (unpaired) electrons. The first-order valence-corrected chi connectivity index (χ1v) is 12.0. The highest BCUT2D eigenvalue weighted by atomic mass is 35.5. The third-order valence-electron chi connectivity index (χ3n) is 4.98. The van der Waals surface area contributed by atoms with Gasteiger partial charge in [0.05, 0.1) is 4.90 Å². The summed E-state index contributed by atoms with van der Waals surface area (Å²) in [6.45, 7) is 0.963. The van der Waals surface area contributed by atoms with E-state index in [1.54, 1.807) is 12.1 Å². The van der Waals surface area contributed by atoms with Gasteiger partial charge in [0.25, 0.3) is 0 Å². The van der Waals surface area contributed by atoms with Gasteiger partial charge < -0.3 is 5.32 Å². The second-order valence-electron chi connectivity index (χ2n) is 6.80. The first kappa shape index (κ1) is 20.0. The molecule has 1 saturated heterocycles. The Morgan fingerprint density at radius 3 is 2.54 bits per heavy atom. The summed E-state index contributed by atoms with van der Waals surface area (Å²) in [5, 5.41) is 4.13. The molecule has 0 spiro atoms. The molecule has 5 nitrogen and oxygen atoms in total. The van der Waals surface area contributed by atoms with E-state index in [0.29, 0.717) is 31.0 Å². The molecule has 8 heteroatoms. The van der Waals surface area contributed by atoms with Crippen molar-refractivity contribution in [1.29, 1.82) is 0 Å². The average Bonchev–Trinajstić information content (AvgIpc) is 3.30. The number of hydrogen-bond acceptors (Lipinski definition) is 4. The molecule has 1 amide bonds. The predicted octanol–water partition coefficient (Wildman–Crippen LogP) is 3.29. The maximum Gasteiger partial charge on any atom is 0.243 e.